The lowest BCUT2D eigenvalue weighted by Gasteiger charge is -2.19. The number of pyridine rings is 1. The zero-order valence-electron chi connectivity index (χ0n) is 13.8. The molecule has 3 rings (SSSR count). The molecule has 2 aromatic rings. The lowest BCUT2D eigenvalue weighted by Crippen LogP contribution is -2.43. The lowest BCUT2D eigenvalue weighted by atomic mass is 10.1. The highest BCUT2D eigenvalue weighted by atomic mass is 19.3. The number of hydrogen-bond donors (Lipinski definition) is 2. The average molecular weight is 378 g/mol. The number of aromatic amines is 1. The van der Waals surface area contributed by atoms with Crippen LogP contribution in [0.3, 0.4) is 0 Å². The highest BCUT2D eigenvalue weighted by molar-refractivity contribution is 6.07. The minimum absolute atomic E-state index is 0.0130. The molecule has 0 aliphatic carbocycles. The van der Waals surface area contributed by atoms with Gasteiger partial charge >= 0.3 is 0 Å². The molecule has 1 aromatic heterocycles. The summed E-state index contributed by atoms with van der Waals surface area (Å²) < 4.78 is 40.1. The van der Waals surface area contributed by atoms with Crippen molar-refractivity contribution in [1.29, 1.82) is 5.26 Å². The molecule has 10 heteroatoms. The minimum atomic E-state index is -3.15. The first-order chi connectivity index (χ1) is 12.7. The van der Waals surface area contributed by atoms with Gasteiger partial charge in [0.1, 0.15) is 11.9 Å². The molecule has 1 aromatic carbocycles. The normalized spacial score (nSPS) is 18.3. The Morgan fingerprint density at radius 2 is 2.11 bits per heavy atom. The molecule has 1 fully saturated rings. The molecule has 0 spiro atoms. The molecule has 1 saturated heterocycles. The Hall–Kier alpha value is -3.35. The largest absolute Gasteiger partial charge is 0.343 e. The second-order valence-electron chi connectivity index (χ2n) is 6.13. The fourth-order valence-electron chi connectivity index (χ4n) is 2.97. The van der Waals surface area contributed by atoms with E-state index in [1.807, 2.05) is 0 Å². The Kier molecular flexibility index (Phi) is 4.61. The number of carbonyl (C=O) groups is 2. The van der Waals surface area contributed by atoms with Crippen LogP contribution >= 0.6 is 0 Å². The summed E-state index contributed by atoms with van der Waals surface area (Å²) in [5.41, 5.74) is -0.603. The van der Waals surface area contributed by atoms with Crippen molar-refractivity contribution in [2.24, 2.45) is 0 Å². The molecule has 2 heterocycles. The predicted molar refractivity (Wildman–Crippen MR) is 87.5 cm³/mol. The van der Waals surface area contributed by atoms with Crippen molar-refractivity contribution in [3.05, 3.63) is 46.1 Å². The summed E-state index contributed by atoms with van der Waals surface area (Å²) in [5.74, 6) is -5.39. The van der Waals surface area contributed by atoms with Crippen LogP contribution < -0.4 is 10.9 Å². The summed E-state index contributed by atoms with van der Waals surface area (Å²) in [7, 11) is 0. The van der Waals surface area contributed by atoms with Crippen molar-refractivity contribution in [2.45, 2.75) is 18.4 Å². The average Bonchev–Trinajstić information content (AvgIpc) is 2.95. The van der Waals surface area contributed by atoms with Crippen LogP contribution in [0.4, 0.5) is 13.2 Å². The summed E-state index contributed by atoms with van der Waals surface area (Å²) in [6.45, 7) is -1.49. The number of rotatable bonds is 3. The van der Waals surface area contributed by atoms with Crippen LogP contribution in [-0.4, -0.2) is 46.8 Å². The Morgan fingerprint density at radius 3 is 2.81 bits per heavy atom. The number of aromatic nitrogens is 1. The van der Waals surface area contributed by atoms with E-state index in [0.717, 1.165) is 23.2 Å². The van der Waals surface area contributed by atoms with Gasteiger partial charge in [0.25, 0.3) is 17.4 Å². The highest BCUT2D eigenvalue weighted by Gasteiger charge is 2.47. The summed E-state index contributed by atoms with van der Waals surface area (Å²) in [4.78, 5) is 39.2. The third kappa shape index (κ3) is 3.62. The number of carbonyl (C=O) groups excluding carboxylic acids is 2. The monoisotopic (exact) mass is 378 g/mol. The van der Waals surface area contributed by atoms with Crippen LogP contribution in [0.1, 0.15) is 16.8 Å². The lowest BCUT2D eigenvalue weighted by molar-refractivity contribution is -0.131. The number of nitriles is 1. The van der Waals surface area contributed by atoms with Gasteiger partial charge < -0.3 is 15.2 Å². The molecule has 7 nitrogen and oxygen atoms in total. The van der Waals surface area contributed by atoms with Gasteiger partial charge in [0, 0.05) is 18.0 Å². The number of hydrogen-bond acceptors (Lipinski definition) is 4. The van der Waals surface area contributed by atoms with E-state index in [1.165, 1.54) is 6.07 Å². The smallest absolute Gasteiger partial charge is 0.268 e. The highest BCUT2D eigenvalue weighted by Crippen LogP contribution is 2.31. The summed E-state index contributed by atoms with van der Waals surface area (Å²) >= 11 is 0. The van der Waals surface area contributed by atoms with Crippen molar-refractivity contribution in [2.75, 3.05) is 13.1 Å². The van der Waals surface area contributed by atoms with Gasteiger partial charge in [-0.2, -0.15) is 5.26 Å². The van der Waals surface area contributed by atoms with E-state index in [0.29, 0.717) is 0 Å². The fourth-order valence-corrected chi connectivity index (χ4v) is 2.97. The first kappa shape index (κ1) is 18.4. The number of amides is 2. The van der Waals surface area contributed by atoms with E-state index in [2.05, 4.69) is 10.3 Å². The van der Waals surface area contributed by atoms with Crippen LogP contribution in [0.5, 0.6) is 0 Å². The maximum absolute atomic E-state index is 13.4. The van der Waals surface area contributed by atoms with Crippen molar-refractivity contribution in [1.82, 2.24) is 15.2 Å². The van der Waals surface area contributed by atoms with E-state index < -0.39 is 54.7 Å². The van der Waals surface area contributed by atoms with Gasteiger partial charge in [0.2, 0.25) is 5.91 Å². The molecule has 1 unspecified atom stereocenters. The van der Waals surface area contributed by atoms with E-state index in [-0.39, 0.29) is 16.3 Å². The Morgan fingerprint density at radius 1 is 1.37 bits per heavy atom. The van der Waals surface area contributed by atoms with Crippen molar-refractivity contribution in [3.63, 3.8) is 0 Å². The van der Waals surface area contributed by atoms with E-state index >= 15 is 0 Å². The van der Waals surface area contributed by atoms with Crippen LogP contribution in [0.2, 0.25) is 0 Å². The first-order valence-corrected chi connectivity index (χ1v) is 7.88. The summed E-state index contributed by atoms with van der Waals surface area (Å²) in [6.07, 6.45) is 0.365. The standard InChI is InChI=1S/C17H13F3N4O3/c18-9-1-2-11-12(3-9)15(26)22-6-13(11)16(27)23-7-14(25)24-8-17(19,20)4-10(24)5-21/h1-3,6,10H,4,7-8H2,(H,22,26)(H,23,27). The van der Waals surface area contributed by atoms with Gasteiger partial charge in [0.15, 0.2) is 0 Å². The number of fused-ring (bicyclic) bond motifs is 1. The number of benzene rings is 1. The zero-order chi connectivity index (χ0) is 19.8. The second-order valence-corrected chi connectivity index (χ2v) is 6.13. The molecule has 1 aliphatic rings. The topological polar surface area (TPSA) is 106 Å². The van der Waals surface area contributed by atoms with Gasteiger partial charge in [-0.3, -0.25) is 14.4 Å². The van der Waals surface area contributed by atoms with Crippen molar-refractivity contribution in [3.8, 4) is 6.07 Å². The number of alkyl halides is 2. The predicted octanol–water partition coefficient (Wildman–Crippen LogP) is 1.16. The fraction of sp³-hybridized carbons (Fsp3) is 0.294. The molecular formula is C17H13F3N4O3. The van der Waals surface area contributed by atoms with E-state index in [9.17, 15) is 27.6 Å². The number of nitrogens with one attached hydrogen (secondary N) is 2. The number of likely N-dealkylation sites (tertiary alicyclic amines) is 1. The maximum atomic E-state index is 13.4. The summed E-state index contributed by atoms with van der Waals surface area (Å²) in [5, 5.41) is 11.3. The van der Waals surface area contributed by atoms with Crippen molar-refractivity contribution < 1.29 is 22.8 Å². The second kappa shape index (κ2) is 6.75. The summed E-state index contributed by atoms with van der Waals surface area (Å²) in [6, 6.07) is 3.68. The third-order valence-electron chi connectivity index (χ3n) is 4.25. The van der Waals surface area contributed by atoms with Crippen LogP contribution in [-0.2, 0) is 4.79 Å². The minimum Gasteiger partial charge on any atom is -0.343 e. The molecule has 140 valence electrons. The van der Waals surface area contributed by atoms with E-state index in [1.54, 1.807) is 6.07 Å². The number of nitrogens with zero attached hydrogens (tertiary/aromatic N) is 2. The molecule has 0 saturated carbocycles. The SMILES string of the molecule is N#CC1CC(F)(F)CN1C(=O)CNC(=O)c1c[nH]c(=O)c2cc(F)ccc12. The molecule has 1 aliphatic heterocycles. The first-order valence-electron chi connectivity index (χ1n) is 7.88. The Bertz CT molecular complexity index is 1030. The zero-order valence-corrected chi connectivity index (χ0v) is 13.8. The van der Waals surface area contributed by atoms with Gasteiger partial charge in [-0.15, -0.1) is 0 Å². The van der Waals surface area contributed by atoms with Crippen LogP contribution in [0.25, 0.3) is 10.8 Å². The van der Waals surface area contributed by atoms with Crippen LogP contribution in [0, 0.1) is 17.1 Å². The van der Waals surface area contributed by atoms with Crippen LogP contribution in [0.15, 0.2) is 29.2 Å². The molecule has 2 N–H and O–H groups in total. The van der Waals surface area contributed by atoms with E-state index in [4.69, 9.17) is 5.26 Å². The maximum Gasteiger partial charge on any atom is 0.268 e. The van der Waals surface area contributed by atoms with Gasteiger partial charge in [-0.1, -0.05) is 6.07 Å². The molecule has 0 bridgehead atoms. The number of H-pyrrole nitrogens is 1. The molecule has 0 radical (unpaired) electrons. The van der Waals surface area contributed by atoms with Gasteiger partial charge in [0.05, 0.1) is 30.1 Å². The van der Waals surface area contributed by atoms with Crippen molar-refractivity contribution >= 4 is 22.6 Å². The molecule has 27 heavy (non-hydrogen) atoms. The number of halogens is 3. The Balaban J connectivity index is 1.76. The third-order valence-corrected chi connectivity index (χ3v) is 4.25. The van der Waals surface area contributed by atoms with Gasteiger partial charge in [-0.25, -0.2) is 13.2 Å². The Labute approximate surface area is 150 Å². The molecule has 1 atom stereocenters. The molecule has 2 amide bonds. The van der Waals surface area contributed by atoms with Gasteiger partial charge in [-0.05, 0) is 12.1 Å². The quantitative estimate of drug-likeness (QED) is 0.836. The molecular weight excluding hydrogens is 365 g/mol.